The van der Waals surface area contributed by atoms with Gasteiger partial charge in [-0.1, -0.05) is 12.1 Å². The maximum atomic E-state index is 14.2. The molecule has 1 aliphatic rings. The highest BCUT2D eigenvalue weighted by molar-refractivity contribution is 5.67. The number of pyridine rings is 1. The molecule has 0 bridgehead atoms. The van der Waals surface area contributed by atoms with Crippen molar-refractivity contribution in [1.29, 1.82) is 0 Å². The normalized spacial score (nSPS) is 14.6. The van der Waals surface area contributed by atoms with Crippen LogP contribution in [0.2, 0.25) is 0 Å². The van der Waals surface area contributed by atoms with Crippen molar-refractivity contribution in [1.82, 2.24) is 10.3 Å². The van der Waals surface area contributed by atoms with E-state index in [0.717, 1.165) is 23.2 Å². The molecule has 0 saturated heterocycles. The van der Waals surface area contributed by atoms with E-state index in [4.69, 9.17) is 0 Å². The SMILES string of the molecule is Cc1cnccc1-c1ccc(CNC2CC2)cc1F. The first-order valence-corrected chi connectivity index (χ1v) is 6.67. The molecule has 3 heteroatoms. The molecule has 0 amide bonds. The summed E-state index contributed by atoms with van der Waals surface area (Å²) < 4.78 is 14.2. The number of halogens is 1. The molecule has 1 aliphatic carbocycles. The number of hydrogen-bond donors (Lipinski definition) is 1. The molecule has 3 rings (SSSR count). The maximum absolute atomic E-state index is 14.2. The van der Waals surface area contributed by atoms with Crippen LogP contribution < -0.4 is 5.32 Å². The summed E-state index contributed by atoms with van der Waals surface area (Å²) in [5, 5.41) is 3.39. The van der Waals surface area contributed by atoms with Crippen molar-refractivity contribution < 1.29 is 4.39 Å². The third kappa shape index (κ3) is 2.82. The van der Waals surface area contributed by atoms with Crippen molar-refractivity contribution in [2.45, 2.75) is 32.4 Å². The van der Waals surface area contributed by atoms with E-state index in [9.17, 15) is 4.39 Å². The quantitative estimate of drug-likeness (QED) is 0.906. The van der Waals surface area contributed by atoms with Crippen molar-refractivity contribution in [3.05, 3.63) is 53.6 Å². The van der Waals surface area contributed by atoms with E-state index in [1.54, 1.807) is 18.5 Å². The van der Waals surface area contributed by atoms with Crippen LogP contribution in [0.15, 0.2) is 36.7 Å². The van der Waals surface area contributed by atoms with E-state index in [1.165, 1.54) is 12.8 Å². The highest BCUT2D eigenvalue weighted by atomic mass is 19.1. The Morgan fingerprint density at radius 1 is 1.26 bits per heavy atom. The minimum atomic E-state index is -0.163. The standard InChI is InChI=1S/C16H17FN2/c1-11-9-18-7-6-14(11)15-5-2-12(8-16(15)17)10-19-13-3-4-13/h2,5-9,13,19H,3-4,10H2,1H3. The topological polar surface area (TPSA) is 24.9 Å². The Hall–Kier alpha value is -1.74. The summed E-state index contributed by atoms with van der Waals surface area (Å²) in [5.41, 5.74) is 3.55. The van der Waals surface area contributed by atoms with Crippen LogP contribution in [0.4, 0.5) is 4.39 Å². The first-order valence-electron chi connectivity index (χ1n) is 6.67. The second kappa shape index (κ2) is 5.10. The smallest absolute Gasteiger partial charge is 0.131 e. The molecule has 98 valence electrons. The molecule has 1 N–H and O–H groups in total. The zero-order valence-corrected chi connectivity index (χ0v) is 11.0. The van der Waals surface area contributed by atoms with Crippen LogP contribution in [0.25, 0.3) is 11.1 Å². The molecule has 1 fully saturated rings. The van der Waals surface area contributed by atoms with Crippen LogP contribution in [0.1, 0.15) is 24.0 Å². The molecule has 0 aliphatic heterocycles. The largest absolute Gasteiger partial charge is 0.310 e. The van der Waals surface area contributed by atoms with Gasteiger partial charge in [-0.25, -0.2) is 4.39 Å². The van der Waals surface area contributed by atoms with Gasteiger partial charge in [0.1, 0.15) is 5.82 Å². The second-order valence-corrected chi connectivity index (χ2v) is 5.16. The van der Waals surface area contributed by atoms with E-state index in [0.29, 0.717) is 11.6 Å². The van der Waals surface area contributed by atoms with Crippen LogP contribution in [-0.4, -0.2) is 11.0 Å². The maximum Gasteiger partial charge on any atom is 0.131 e. The fourth-order valence-electron chi connectivity index (χ4n) is 2.21. The average Bonchev–Trinajstić information content (AvgIpc) is 3.22. The number of hydrogen-bond acceptors (Lipinski definition) is 2. The van der Waals surface area contributed by atoms with Crippen molar-refractivity contribution in [2.75, 3.05) is 0 Å². The van der Waals surface area contributed by atoms with E-state index in [1.807, 2.05) is 25.1 Å². The summed E-state index contributed by atoms with van der Waals surface area (Å²) in [6.45, 7) is 2.70. The molecule has 2 aromatic rings. The predicted octanol–water partition coefficient (Wildman–Crippen LogP) is 3.45. The number of benzene rings is 1. The number of aryl methyl sites for hydroxylation is 1. The van der Waals surface area contributed by atoms with Gasteiger partial charge in [-0.2, -0.15) is 0 Å². The molecule has 2 nitrogen and oxygen atoms in total. The Kier molecular flexibility index (Phi) is 3.30. The minimum absolute atomic E-state index is 0.163. The van der Waals surface area contributed by atoms with Crippen molar-refractivity contribution >= 4 is 0 Å². The van der Waals surface area contributed by atoms with Crippen LogP contribution in [-0.2, 0) is 6.54 Å². The first kappa shape index (κ1) is 12.3. The molecular formula is C16H17FN2. The summed E-state index contributed by atoms with van der Waals surface area (Å²) in [6, 6.07) is 7.99. The Morgan fingerprint density at radius 3 is 2.79 bits per heavy atom. The Morgan fingerprint density at radius 2 is 2.11 bits per heavy atom. The van der Waals surface area contributed by atoms with Gasteiger partial charge in [-0.3, -0.25) is 4.98 Å². The van der Waals surface area contributed by atoms with Gasteiger partial charge in [-0.05, 0) is 48.6 Å². The van der Waals surface area contributed by atoms with Gasteiger partial charge < -0.3 is 5.32 Å². The van der Waals surface area contributed by atoms with Crippen LogP contribution in [0, 0.1) is 12.7 Å². The number of nitrogens with zero attached hydrogens (tertiary/aromatic N) is 1. The molecule has 19 heavy (non-hydrogen) atoms. The third-order valence-electron chi connectivity index (χ3n) is 3.52. The van der Waals surface area contributed by atoms with Crippen molar-refractivity contribution in [3.8, 4) is 11.1 Å². The van der Waals surface area contributed by atoms with E-state index >= 15 is 0 Å². The zero-order valence-electron chi connectivity index (χ0n) is 11.0. The van der Waals surface area contributed by atoms with E-state index in [-0.39, 0.29) is 5.82 Å². The molecule has 1 saturated carbocycles. The van der Waals surface area contributed by atoms with Gasteiger partial charge in [0.15, 0.2) is 0 Å². The predicted molar refractivity (Wildman–Crippen MR) is 74.2 cm³/mol. The highest BCUT2D eigenvalue weighted by Gasteiger charge is 2.20. The molecule has 0 spiro atoms. The van der Waals surface area contributed by atoms with Crippen molar-refractivity contribution in [3.63, 3.8) is 0 Å². The first-order chi connectivity index (χ1) is 9.24. The van der Waals surface area contributed by atoms with Gasteiger partial charge >= 0.3 is 0 Å². The van der Waals surface area contributed by atoms with Gasteiger partial charge in [0, 0.05) is 30.5 Å². The average molecular weight is 256 g/mol. The summed E-state index contributed by atoms with van der Waals surface area (Å²) in [4.78, 5) is 4.04. The summed E-state index contributed by atoms with van der Waals surface area (Å²) >= 11 is 0. The van der Waals surface area contributed by atoms with Crippen LogP contribution in [0.3, 0.4) is 0 Å². The van der Waals surface area contributed by atoms with Gasteiger partial charge in [0.2, 0.25) is 0 Å². The molecule has 1 aromatic carbocycles. The monoisotopic (exact) mass is 256 g/mol. The fraction of sp³-hybridized carbons (Fsp3) is 0.312. The molecule has 0 atom stereocenters. The van der Waals surface area contributed by atoms with Crippen molar-refractivity contribution in [2.24, 2.45) is 0 Å². The number of nitrogens with one attached hydrogen (secondary N) is 1. The minimum Gasteiger partial charge on any atom is -0.310 e. The van der Waals surface area contributed by atoms with E-state index < -0.39 is 0 Å². The second-order valence-electron chi connectivity index (χ2n) is 5.16. The lowest BCUT2D eigenvalue weighted by atomic mass is 10.0. The van der Waals surface area contributed by atoms with Crippen LogP contribution in [0.5, 0.6) is 0 Å². The van der Waals surface area contributed by atoms with E-state index in [2.05, 4.69) is 10.3 Å². The summed E-state index contributed by atoms with van der Waals surface area (Å²) in [5.74, 6) is -0.163. The summed E-state index contributed by atoms with van der Waals surface area (Å²) in [7, 11) is 0. The Balaban J connectivity index is 1.84. The molecule has 0 unspecified atom stereocenters. The summed E-state index contributed by atoms with van der Waals surface area (Å²) in [6.07, 6.45) is 5.95. The third-order valence-corrected chi connectivity index (χ3v) is 3.52. The molecule has 1 aromatic heterocycles. The molecular weight excluding hydrogens is 239 g/mol. The highest BCUT2D eigenvalue weighted by Crippen LogP contribution is 2.26. The lowest BCUT2D eigenvalue weighted by Crippen LogP contribution is -2.15. The Labute approximate surface area is 112 Å². The Bertz CT molecular complexity index is 591. The number of rotatable bonds is 4. The fourth-order valence-corrected chi connectivity index (χ4v) is 2.21. The zero-order chi connectivity index (χ0) is 13.2. The lowest BCUT2D eigenvalue weighted by molar-refractivity contribution is 0.623. The van der Waals surface area contributed by atoms with Gasteiger partial charge in [0.05, 0.1) is 0 Å². The van der Waals surface area contributed by atoms with Gasteiger partial charge in [-0.15, -0.1) is 0 Å². The van der Waals surface area contributed by atoms with Crippen LogP contribution >= 0.6 is 0 Å². The molecule has 1 heterocycles. The molecule has 0 radical (unpaired) electrons. The number of aromatic nitrogens is 1. The lowest BCUT2D eigenvalue weighted by Gasteiger charge is -2.09. The van der Waals surface area contributed by atoms with Gasteiger partial charge in [0.25, 0.3) is 0 Å².